The third-order valence-electron chi connectivity index (χ3n) is 2.71. The fourth-order valence-electron chi connectivity index (χ4n) is 0.818. The van der Waals surface area contributed by atoms with Crippen LogP contribution in [0, 0.1) is 0 Å². The van der Waals surface area contributed by atoms with Crippen molar-refractivity contribution in [2.45, 2.75) is 39.2 Å². The maximum atomic E-state index is 11.8. The van der Waals surface area contributed by atoms with Crippen molar-refractivity contribution in [2.24, 2.45) is 0 Å². The van der Waals surface area contributed by atoms with Gasteiger partial charge in [-0.15, -0.1) is 0 Å². The zero-order valence-corrected chi connectivity index (χ0v) is 9.48. The Kier molecular flexibility index (Phi) is 4.34. The van der Waals surface area contributed by atoms with Gasteiger partial charge in [0.25, 0.3) is 0 Å². The van der Waals surface area contributed by atoms with Crippen LogP contribution in [0.3, 0.4) is 0 Å². The van der Waals surface area contributed by atoms with E-state index in [9.17, 15) is 4.79 Å². The number of ketones is 1. The van der Waals surface area contributed by atoms with E-state index in [-0.39, 0.29) is 11.3 Å². The number of nitrogens with zero attached hydrogens (tertiary/aromatic N) is 1. The van der Waals surface area contributed by atoms with Crippen LogP contribution in [0.5, 0.6) is 0 Å². The maximum Gasteiger partial charge on any atom is 0.156 e. The summed E-state index contributed by atoms with van der Waals surface area (Å²) in [7, 11) is 3.85. The summed E-state index contributed by atoms with van der Waals surface area (Å²) < 4.78 is 0. The van der Waals surface area contributed by atoms with E-state index >= 15 is 0 Å². The molecule has 0 N–H and O–H groups in total. The fourth-order valence-corrected chi connectivity index (χ4v) is 0.818. The molecule has 0 heterocycles. The molecule has 13 heavy (non-hydrogen) atoms. The molecule has 0 aromatic carbocycles. The number of hydrogen-bond donors (Lipinski definition) is 0. The van der Waals surface area contributed by atoms with Crippen molar-refractivity contribution in [2.75, 3.05) is 14.1 Å². The second-order valence-electron chi connectivity index (χ2n) is 4.16. The van der Waals surface area contributed by atoms with Gasteiger partial charge in [0.05, 0.1) is 5.54 Å². The molecule has 76 valence electrons. The van der Waals surface area contributed by atoms with Crippen LogP contribution in [0.2, 0.25) is 0 Å². The lowest BCUT2D eigenvalue weighted by atomic mass is 9.92. The van der Waals surface area contributed by atoms with Crippen molar-refractivity contribution in [3.63, 3.8) is 0 Å². The van der Waals surface area contributed by atoms with Crippen LogP contribution in [-0.2, 0) is 4.79 Å². The Morgan fingerprint density at radius 2 is 1.85 bits per heavy atom. The molecule has 0 saturated heterocycles. The van der Waals surface area contributed by atoms with Gasteiger partial charge in [0, 0.05) is 6.42 Å². The van der Waals surface area contributed by atoms with Gasteiger partial charge in [-0.25, -0.2) is 0 Å². The first-order valence-corrected chi connectivity index (χ1v) is 4.69. The van der Waals surface area contributed by atoms with Gasteiger partial charge in [0.1, 0.15) is 0 Å². The first kappa shape index (κ1) is 12.4. The van der Waals surface area contributed by atoms with Crippen molar-refractivity contribution in [1.29, 1.82) is 0 Å². The van der Waals surface area contributed by atoms with Gasteiger partial charge in [-0.1, -0.05) is 19.1 Å². The number of likely N-dealkylation sites (N-methyl/N-ethyl adjacent to an activating group) is 1. The van der Waals surface area contributed by atoms with Crippen LogP contribution in [0.25, 0.3) is 0 Å². The molecular formula is C11H21NO. The predicted octanol–water partition coefficient (Wildman–Crippen LogP) is 2.25. The average molecular weight is 183 g/mol. The first-order chi connectivity index (χ1) is 5.82. The standard InChI is InChI=1S/C11H21NO/c1-7-9(2)8-10(13)11(3,4)12(5)6/h2,7-8H2,1,3-6H3. The van der Waals surface area contributed by atoms with E-state index in [1.54, 1.807) is 0 Å². The molecule has 0 aliphatic rings. The second kappa shape index (κ2) is 4.56. The third kappa shape index (κ3) is 3.31. The molecule has 0 radical (unpaired) electrons. The highest BCUT2D eigenvalue weighted by atomic mass is 16.1. The minimum atomic E-state index is -0.377. The first-order valence-electron chi connectivity index (χ1n) is 4.69. The van der Waals surface area contributed by atoms with Crippen molar-refractivity contribution >= 4 is 5.78 Å². The molecule has 0 atom stereocenters. The number of carbonyl (C=O) groups excluding carboxylic acids is 1. The highest BCUT2D eigenvalue weighted by Gasteiger charge is 2.29. The van der Waals surface area contributed by atoms with E-state index in [0.29, 0.717) is 6.42 Å². The molecule has 0 rings (SSSR count). The lowest BCUT2D eigenvalue weighted by molar-refractivity contribution is -0.127. The zero-order valence-electron chi connectivity index (χ0n) is 9.48. The minimum absolute atomic E-state index is 0.240. The zero-order chi connectivity index (χ0) is 10.6. The van der Waals surface area contributed by atoms with Crippen LogP contribution < -0.4 is 0 Å². The van der Waals surface area contributed by atoms with Gasteiger partial charge in [0.15, 0.2) is 5.78 Å². The molecule has 0 bridgehead atoms. The van der Waals surface area contributed by atoms with Crippen LogP contribution in [0.15, 0.2) is 12.2 Å². The highest BCUT2D eigenvalue weighted by Crippen LogP contribution is 2.17. The summed E-state index contributed by atoms with van der Waals surface area (Å²) >= 11 is 0. The van der Waals surface area contributed by atoms with Crippen molar-refractivity contribution in [1.82, 2.24) is 4.90 Å². The lowest BCUT2D eigenvalue weighted by Crippen LogP contribution is -2.45. The fraction of sp³-hybridized carbons (Fsp3) is 0.727. The number of rotatable bonds is 5. The molecule has 0 amide bonds. The Hall–Kier alpha value is -0.630. The van der Waals surface area contributed by atoms with E-state index in [1.807, 2.05) is 39.8 Å². The molecule has 0 spiro atoms. The van der Waals surface area contributed by atoms with Gasteiger partial charge in [0.2, 0.25) is 0 Å². The van der Waals surface area contributed by atoms with Crippen LogP contribution in [0.1, 0.15) is 33.6 Å². The summed E-state index contributed by atoms with van der Waals surface area (Å²) in [6, 6.07) is 0. The number of Topliss-reactive ketones (excluding diaryl/α,β-unsaturated/α-hetero) is 1. The van der Waals surface area contributed by atoms with Crippen LogP contribution >= 0.6 is 0 Å². The van der Waals surface area contributed by atoms with E-state index in [4.69, 9.17) is 0 Å². The second-order valence-corrected chi connectivity index (χ2v) is 4.16. The van der Waals surface area contributed by atoms with E-state index < -0.39 is 0 Å². The molecule has 0 unspecified atom stereocenters. The molecule has 0 fully saturated rings. The summed E-state index contributed by atoms with van der Waals surface area (Å²) in [6.07, 6.45) is 1.39. The molecule has 2 nitrogen and oxygen atoms in total. The largest absolute Gasteiger partial charge is 0.298 e. The van der Waals surface area contributed by atoms with Gasteiger partial charge in [-0.05, 0) is 34.4 Å². The summed E-state index contributed by atoms with van der Waals surface area (Å²) in [5, 5.41) is 0. The van der Waals surface area contributed by atoms with Gasteiger partial charge in [-0.2, -0.15) is 0 Å². The molecule has 2 heteroatoms. The Balaban J connectivity index is 4.34. The smallest absolute Gasteiger partial charge is 0.156 e. The molecular weight excluding hydrogens is 162 g/mol. The number of hydrogen-bond acceptors (Lipinski definition) is 2. The summed E-state index contributed by atoms with van der Waals surface area (Å²) in [6.45, 7) is 9.76. The molecule has 0 aromatic rings. The van der Waals surface area contributed by atoms with E-state index in [0.717, 1.165) is 12.0 Å². The van der Waals surface area contributed by atoms with Gasteiger partial charge < -0.3 is 0 Å². The van der Waals surface area contributed by atoms with Crippen molar-refractivity contribution < 1.29 is 4.79 Å². The van der Waals surface area contributed by atoms with E-state index in [1.165, 1.54) is 0 Å². The Labute approximate surface area is 81.6 Å². The summed E-state index contributed by atoms with van der Waals surface area (Å²) in [5.74, 6) is 0.240. The maximum absolute atomic E-state index is 11.8. The van der Waals surface area contributed by atoms with Crippen LogP contribution in [-0.4, -0.2) is 30.3 Å². The molecule has 0 aliphatic heterocycles. The molecule has 0 saturated carbocycles. The van der Waals surface area contributed by atoms with E-state index in [2.05, 4.69) is 6.58 Å². The molecule has 0 aliphatic carbocycles. The normalized spacial score (nSPS) is 11.8. The van der Waals surface area contributed by atoms with Crippen molar-refractivity contribution in [3.05, 3.63) is 12.2 Å². The number of carbonyl (C=O) groups is 1. The predicted molar refractivity (Wildman–Crippen MR) is 56.8 cm³/mol. The highest BCUT2D eigenvalue weighted by molar-refractivity contribution is 5.89. The SMILES string of the molecule is C=C(CC)CC(=O)C(C)(C)N(C)C. The Morgan fingerprint density at radius 3 is 2.15 bits per heavy atom. The third-order valence-corrected chi connectivity index (χ3v) is 2.71. The minimum Gasteiger partial charge on any atom is -0.298 e. The van der Waals surface area contributed by atoms with Crippen molar-refractivity contribution in [3.8, 4) is 0 Å². The lowest BCUT2D eigenvalue weighted by Gasteiger charge is -2.31. The average Bonchev–Trinajstić information content (AvgIpc) is 2.03. The monoisotopic (exact) mass is 183 g/mol. The quantitative estimate of drug-likeness (QED) is 0.609. The van der Waals surface area contributed by atoms with Gasteiger partial charge in [-0.3, -0.25) is 9.69 Å². The van der Waals surface area contributed by atoms with Gasteiger partial charge >= 0.3 is 0 Å². The topological polar surface area (TPSA) is 20.3 Å². The Morgan fingerprint density at radius 1 is 1.38 bits per heavy atom. The number of allylic oxidation sites excluding steroid dienone is 1. The summed E-state index contributed by atoms with van der Waals surface area (Å²) in [5.41, 5.74) is 0.637. The summed E-state index contributed by atoms with van der Waals surface area (Å²) in [4.78, 5) is 13.7. The molecule has 0 aromatic heterocycles. The van der Waals surface area contributed by atoms with Crippen LogP contribution in [0.4, 0.5) is 0 Å². The Bertz CT molecular complexity index is 204.